The van der Waals surface area contributed by atoms with Crippen LogP contribution in [0.4, 0.5) is 21.7 Å². The van der Waals surface area contributed by atoms with E-state index in [0.717, 1.165) is 11.3 Å². The third-order valence-electron chi connectivity index (χ3n) is 5.24. The lowest BCUT2D eigenvalue weighted by Gasteiger charge is -2.18. The molecule has 5 rings (SSSR count). The fourth-order valence-corrected chi connectivity index (χ4v) is 3.65. The monoisotopic (exact) mass is 441 g/mol. The van der Waals surface area contributed by atoms with Gasteiger partial charge in [0, 0.05) is 24.0 Å². The van der Waals surface area contributed by atoms with Crippen LogP contribution in [-0.2, 0) is 0 Å². The summed E-state index contributed by atoms with van der Waals surface area (Å²) in [5.41, 5.74) is 15.6. The number of halogens is 1. The van der Waals surface area contributed by atoms with Gasteiger partial charge in [0.15, 0.2) is 11.6 Å². The van der Waals surface area contributed by atoms with Crippen molar-refractivity contribution in [1.82, 2.24) is 29.5 Å². The number of benzene rings is 1. The van der Waals surface area contributed by atoms with E-state index in [-0.39, 0.29) is 23.4 Å². The maximum atomic E-state index is 14.2. The first-order valence-electron chi connectivity index (χ1n) is 10.2. The predicted molar refractivity (Wildman–Crippen MR) is 125 cm³/mol. The highest BCUT2D eigenvalue weighted by Crippen LogP contribution is 2.30. The van der Waals surface area contributed by atoms with Gasteiger partial charge in [-0.05, 0) is 37.3 Å². The van der Waals surface area contributed by atoms with Crippen LogP contribution in [0.3, 0.4) is 0 Å². The fourth-order valence-electron chi connectivity index (χ4n) is 3.65. The molecule has 0 aliphatic heterocycles. The zero-order valence-corrected chi connectivity index (χ0v) is 17.6. The third kappa shape index (κ3) is 3.78. The molecule has 164 valence electrons. The standard InChI is InChI=1S/C23H20FN9/c1-13(31-22-20(25)21(26)29-12-30-22)23-32-18-6-5-15(24)9-19(18)33(23)16-8-14(10-27-11-16)17-4-2-3-7-28-17/h2-13H,25H2,1H3,(H3,26,29,30,31)/t13-/m0/s1. The van der Waals surface area contributed by atoms with E-state index in [2.05, 4.69) is 25.3 Å². The van der Waals surface area contributed by atoms with Crippen LogP contribution in [0.25, 0.3) is 28.0 Å². The van der Waals surface area contributed by atoms with Crippen molar-refractivity contribution in [3.63, 3.8) is 0 Å². The van der Waals surface area contributed by atoms with Crippen molar-refractivity contribution in [3.8, 4) is 16.9 Å². The molecule has 10 heteroatoms. The van der Waals surface area contributed by atoms with Gasteiger partial charge in [-0.1, -0.05) is 6.07 Å². The van der Waals surface area contributed by atoms with Crippen LogP contribution < -0.4 is 16.8 Å². The van der Waals surface area contributed by atoms with E-state index in [1.54, 1.807) is 24.7 Å². The Morgan fingerprint density at radius 3 is 2.73 bits per heavy atom. The summed E-state index contributed by atoms with van der Waals surface area (Å²) in [6, 6.07) is 11.7. The van der Waals surface area contributed by atoms with E-state index in [4.69, 9.17) is 16.5 Å². The number of imidazole rings is 1. The van der Waals surface area contributed by atoms with Crippen molar-refractivity contribution in [2.24, 2.45) is 0 Å². The van der Waals surface area contributed by atoms with Gasteiger partial charge in [0.1, 0.15) is 23.7 Å². The highest BCUT2D eigenvalue weighted by Gasteiger charge is 2.21. The Labute approximate surface area is 188 Å². The molecule has 5 N–H and O–H groups in total. The topological polar surface area (TPSA) is 133 Å². The van der Waals surface area contributed by atoms with E-state index in [0.29, 0.717) is 28.4 Å². The van der Waals surface area contributed by atoms with Crippen molar-refractivity contribution in [2.45, 2.75) is 13.0 Å². The quantitative estimate of drug-likeness (QED) is 0.375. The maximum Gasteiger partial charge on any atom is 0.155 e. The zero-order valence-electron chi connectivity index (χ0n) is 17.6. The molecule has 0 aliphatic carbocycles. The molecular formula is C23H20FN9. The Bertz CT molecular complexity index is 1450. The van der Waals surface area contributed by atoms with E-state index in [1.807, 2.05) is 35.8 Å². The molecule has 0 saturated heterocycles. The molecule has 1 atom stereocenters. The molecule has 1 aromatic carbocycles. The Kier molecular flexibility index (Phi) is 5.02. The smallest absolute Gasteiger partial charge is 0.155 e. The Morgan fingerprint density at radius 1 is 1.03 bits per heavy atom. The van der Waals surface area contributed by atoms with Gasteiger partial charge >= 0.3 is 0 Å². The molecular weight excluding hydrogens is 421 g/mol. The molecule has 9 nitrogen and oxygen atoms in total. The largest absolute Gasteiger partial charge is 0.393 e. The second-order valence-electron chi connectivity index (χ2n) is 7.47. The van der Waals surface area contributed by atoms with E-state index >= 15 is 0 Å². The van der Waals surface area contributed by atoms with Crippen LogP contribution in [0.15, 0.2) is 67.4 Å². The van der Waals surface area contributed by atoms with Crippen molar-refractivity contribution in [2.75, 3.05) is 16.8 Å². The lowest BCUT2D eigenvalue weighted by molar-refractivity contribution is 0.629. The average molecular weight is 441 g/mol. The van der Waals surface area contributed by atoms with Crippen molar-refractivity contribution < 1.29 is 4.39 Å². The van der Waals surface area contributed by atoms with Gasteiger partial charge in [-0.15, -0.1) is 0 Å². The normalized spacial score (nSPS) is 12.1. The molecule has 0 fully saturated rings. The first kappa shape index (κ1) is 20.3. The summed E-state index contributed by atoms with van der Waals surface area (Å²) >= 11 is 0. The molecule has 0 aliphatic rings. The summed E-state index contributed by atoms with van der Waals surface area (Å²) in [5.74, 6) is 0.826. The van der Waals surface area contributed by atoms with Gasteiger partial charge in [-0.2, -0.15) is 0 Å². The minimum absolute atomic E-state index is 0.183. The van der Waals surface area contributed by atoms with Crippen LogP contribution >= 0.6 is 0 Å². The van der Waals surface area contributed by atoms with Crippen molar-refractivity contribution in [1.29, 1.82) is 0 Å². The Hall–Kier alpha value is -4.60. The van der Waals surface area contributed by atoms with Crippen molar-refractivity contribution >= 4 is 28.4 Å². The number of pyridine rings is 2. The first-order valence-corrected chi connectivity index (χ1v) is 10.2. The minimum atomic E-state index is -0.365. The average Bonchev–Trinajstić information content (AvgIpc) is 3.21. The number of anilines is 3. The van der Waals surface area contributed by atoms with E-state index < -0.39 is 0 Å². The van der Waals surface area contributed by atoms with Gasteiger partial charge in [0.05, 0.1) is 34.7 Å². The summed E-state index contributed by atoms with van der Waals surface area (Å²) in [4.78, 5) is 21.6. The van der Waals surface area contributed by atoms with Crippen molar-refractivity contribution in [3.05, 3.63) is 79.0 Å². The number of hydrogen-bond acceptors (Lipinski definition) is 8. The van der Waals surface area contributed by atoms with Gasteiger partial charge in [-0.3, -0.25) is 14.5 Å². The summed E-state index contributed by atoms with van der Waals surface area (Å²) < 4.78 is 16.1. The van der Waals surface area contributed by atoms with E-state index in [9.17, 15) is 4.39 Å². The minimum Gasteiger partial charge on any atom is -0.393 e. The number of nitrogens with one attached hydrogen (secondary N) is 1. The van der Waals surface area contributed by atoms with Crippen LogP contribution in [0.2, 0.25) is 0 Å². The van der Waals surface area contributed by atoms with Crippen LogP contribution in [0.5, 0.6) is 0 Å². The number of hydrogen-bond donors (Lipinski definition) is 3. The molecule has 0 bridgehead atoms. The molecule has 0 saturated carbocycles. The SMILES string of the molecule is C[C@H](Nc1ncnc(N)c1N)c1nc2ccc(F)cc2n1-c1cncc(-c2ccccn2)c1. The summed E-state index contributed by atoms with van der Waals surface area (Å²) in [5, 5.41) is 3.23. The van der Waals surface area contributed by atoms with Gasteiger partial charge < -0.3 is 16.8 Å². The third-order valence-corrected chi connectivity index (χ3v) is 5.24. The van der Waals surface area contributed by atoms with Gasteiger partial charge in [0.2, 0.25) is 0 Å². The van der Waals surface area contributed by atoms with E-state index in [1.165, 1.54) is 18.5 Å². The Balaban J connectivity index is 1.65. The Morgan fingerprint density at radius 2 is 1.91 bits per heavy atom. The van der Waals surface area contributed by atoms with Gasteiger partial charge in [-0.25, -0.2) is 19.3 Å². The van der Waals surface area contributed by atoms with Crippen LogP contribution in [0, 0.1) is 5.82 Å². The first-order chi connectivity index (χ1) is 16.0. The molecule has 33 heavy (non-hydrogen) atoms. The number of rotatable bonds is 5. The highest BCUT2D eigenvalue weighted by atomic mass is 19.1. The summed E-state index contributed by atoms with van der Waals surface area (Å²) in [7, 11) is 0. The number of nitrogens with two attached hydrogens (primary N) is 2. The summed E-state index contributed by atoms with van der Waals surface area (Å²) in [6.07, 6.45) is 6.49. The van der Waals surface area contributed by atoms with Crippen LogP contribution in [-0.4, -0.2) is 29.5 Å². The fraction of sp³-hybridized carbons (Fsp3) is 0.0870. The predicted octanol–water partition coefficient (Wildman–Crippen LogP) is 3.75. The molecule has 4 aromatic heterocycles. The molecule has 0 unspecified atom stereocenters. The summed E-state index contributed by atoms with van der Waals surface area (Å²) in [6.45, 7) is 1.90. The molecule has 0 radical (unpaired) electrons. The second kappa shape index (κ2) is 8.15. The number of nitrogen functional groups attached to an aromatic ring is 2. The lowest BCUT2D eigenvalue weighted by Crippen LogP contribution is -2.16. The zero-order chi connectivity index (χ0) is 22.9. The lowest BCUT2D eigenvalue weighted by atomic mass is 10.1. The highest BCUT2D eigenvalue weighted by molar-refractivity contribution is 5.79. The molecule has 0 spiro atoms. The van der Waals surface area contributed by atoms with Gasteiger partial charge in [0.25, 0.3) is 0 Å². The molecule has 4 heterocycles. The second-order valence-corrected chi connectivity index (χ2v) is 7.47. The number of aromatic nitrogens is 6. The molecule has 0 amide bonds. The number of fused-ring (bicyclic) bond motifs is 1. The molecule has 5 aromatic rings. The maximum absolute atomic E-state index is 14.2. The number of nitrogens with zero attached hydrogens (tertiary/aromatic N) is 6. The van der Waals surface area contributed by atoms with Crippen LogP contribution in [0.1, 0.15) is 18.8 Å².